The number of hydrogen-bond donors (Lipinski definition) is 1. The summed E-state index contributed by atoms with van der Waals surface area (Å²) < 4.78 is 5.12. The molecule has 0 bridgehead atoms. The number of fused-ring (bicyclic) bond motifs is 2. The molecular weight excluding hydrogens is 320 g/mol. The van der Waals surface area contributed by atoms with Crippen molar-refractivity contribution in [2.24, 2.45) is 0 Å². The number of hydrogen-bond acceptors (Lipinski definition) is 5. The Morgan fingerprint density at radius 1 is 1.24 bits per heavy atom. The molecule has 1 aromatic carbocycles. The van der Waals surface area contributed by atoms with Gasteiger partial charge in [0.15, 0.2) is 0 Å². The molecule has 2 aliphatic rings. The number of nitrogens with one attached hydrogen (secondary N) is 1. The van der Waals surface area contributed by atoms with E-state index in [9.17, 15) is 9.59 Å². The monoisotopic (exact) mass is 340 g/mol. The zero-order valence-corrected chi connectivity index (χ0v) is 14.3. The number of nitrogens with zero attached hydrogens (tertiary/aromatic N) is 3. The highest BCUT2D eigenvalue weighted by molar-refractivity contribution is 6.01. The van der Waals surface area contributed by atoms with E-state index in [1.165, 1.54) is 0 Å². The first kappa shape index (κ1) is 15.7. The van der Waals surface area contributed by atoms with Crippen LogP contribution in [0.5, 0.6) is 0 Å². The quantitative estimate of drug-likeness (QED) is 0.859. The molecule has 1 saturated heterocycles. The second-order valence-electron chi connectivity index (χ2n) is 6.48. The number of aromatic nitrogens is 1. The fourth-order valence-corrected chi connectivity index (χ4v) is 3.60. The molecule has 1 fully saturated rings. The van der Waals surface area contributed by atoms with E-state index in [-0.39, 0.29) is 18.0 Å². The van der Waals surface area contributed by atoms with E-state index in [2.05, 4.69) is 10.5 Å². The van der Waals surface area contributed by atoms with Crippen molar-refractivity contribution in [3.05, 3.63) is 46.8 Å². The van der Waals surface area contributed by atoms with Gasteiger partial charge in [-0.25, -0.2) is 0 Å². The lowest BCUT2D eigenvalue weighted by Crippen LogP contribution is -2.49. The molecule has 1 unspecified atom stereocenters. The van der Waals surface area contributed by atoms with Crippen LogP contribution in [0.1, 0.15) is 38.6 Å². The Morgan fingerprint density at radius 3 is 2.80 bits per heavy atom. The highest BCUT2D eigenvalue weighted by Crippen LogP contribution is 2.28. The second kappa shape index (κ2) is 5.91. The third-order valence-corrected chi connectivity index (χ3v) is 4.93. The number of rotatable bonds is 1. The lowest BCUT2D eigenvalue weighted by atomic mass is 10.1. The highest BCUT2D eigenvalue weighted by Gasteiger charge is 2.35. The first-order valence-electron chi connectivity index (χ1n) is 8.45. The largest absolute Gasteiger partial charge is 0.364 e. The molecule has 1 atom stereocenters. The zero-order chi connectivity index (χ0) is 17.6. The predicted octanol–water partition coefficient (Wildman–Crippen LogP) is 2.03. The zero-order valence-electron chi connectivity index (χ0n) is 14.3. The Morgan fingerprint density at radius 2 is 2.04 bits per heavy atom. The minimum Gasteiger partial charge on any atom is -0.364 e. The first-order chi connectivity index (χ1) is 12.1. The Balaban J connectivity index is 1.56. The standard InChI is InChI=1S/C18H20N4O3/c1-11-16(12(2)25-20-11)18(24)21-8-7-15-19-14-6-4-3-5-13(14)17(23)22(15)10-9-21/h3-6,15,19H,7-10H2,1-2H3. The topological polar surface area (TPSA) is 78.7 Å². The maximum atomic E-state index is 12.9. The average molecular weight is 340 g/mol. The van der Waals surface area contributed by atoms with E-state index in [0.29, 0.717) is 48.6 Å². The summed E-state index contributed by atoms with van der Waals surface area (Å²) in [7, 11) is 0. The van der Waals surface area contributed by atoms with Gasteiger partial charge in [-0.15, -0.1) is 0 Å². The molecule has 0 saturated carbocycles. The molecule has 130 valence electrons. The molecule has 0 spiro atoms. The Kier molecular flexibility index (Phi) is 3.71. The maximum absolute atomic E-state index is 12.9. The summed E-state index contributed by atoms with van der Waals surface area (Å²) in [5.41, 5.74) is 2.68. The molecule has 25 heavy (non-hydrogen) atoms. The lowest BCUT2D eigenvalue weighted by Gasteiger charge is -2.36. The summed E-state index contributed by atoms with van der Waals surface area (Å²) in [4.78, 5) is 29.2. The summed E-state index contributed by atoms with van der Waals surface area (Å²) in [6.45, 7) is 5.09. The number of aryl methyl sites for hydroxylation is 2. The number of benzene rings is 1. The van der Waals surface area contributed by atoms with Crippen LogP contribution in [0.3, 0.4) is 0 Å². The van der Waals surface area contributed by atoms with Crippen LogP contribution in [-0.4, -0.2) is 52.6 Å². The van der Waals surface area contributed by atoms with E-state index in [4.69, 9.17) is 4.52 Å². The van der Waals surface area contributed by atoms with Crippen molar-refractivity contribution in [1.82, 2.24) is 15.0 Å². The van der Waals surface area contributed by atoms with Gasteiger partial charge in [0.2, 0.25) is 0 Å². The minimum absolute atomic E-state index is 0.0194. The van der Waals surface area contributed by atoms with Crippen molar-refractivity contribution in [2.75, 3.05) is 25.0 Å². The minimum atomic E-state index is -0.0927. The van der Waals surface area contributed by atoms with Gasteiger partial charge >= 0.3 is 0 Å². The summed E-state index contributed by atoms with van der Waals surface area (Å²) in [6, 6.07) is 7.53. The summed E-state index contributed by atoms with van der Waals surface area (Å²) in [6.07, 6.45) is 0.583. The van der Waals surface area contributed by atoms with Crippen LogP contribution >= 0.6 is 0 Å². The average Bonchev–Trinajstić information content (AvgIpc) is 2.82. The van der Waals surface area contributed by atoms with Crippen LogP contribution in [0.2, 0.25) is 0 Å². The van der Waals surface area contributed by atoms with Gasteiger partial charge in [0.25, 0.3) is 11.8 Å². The summed E-state index contributed by atoms with van der Waals surface area (Å²) in [5, 5.41) is 7.29. The van der Waals surface area contributed by atoms with Gasteiger partial charge < -0.3 is 19.6 Å². The molecule has 1 aromatic heterocycles. The van der Waals surface area contributed by atoms with E-state index in [0.717, 1.165) is 5.69 Å². The molecule has 7 nitrogen and oxygen atoms in total. The molecule has 0 radical (unpaired) electrons. The molecule has 7 heteroatoms. The number of carbonyl (C=O) groups excluding carboxylic acids is 2. The highest BCUT2D eigenvalue weighted by atomic mass is 16.5. The summed E-state index contributed by atoms with van der Waals surface area (Å²) in [5.74, 6) is 0.470. The molecule has 3 heterocycles. The molecular formula is C18H20N4O3. The van der Waals surface area contributed by atoms with Crippen LogP contribution in [0.4, 0.5) is 5.69 Å². The van der Waals surface area contributed by atoms with Crippen LogP contribution in [0.15, 0.2) is 28.8 Å². The van der Waals surface area contributed by atoms with Gasteiger partial charge in [-0.3, -0.25) is 9.59 Å². The van der Waals surface area contributed by atoms with E-state index >= 15 is 0 Å². The molecule has 4 rings (SSSR count). The molecule has 1 N–H and O–H groups in total. The normalized spacial score (nSPS) is 19.8. The third kappa shape index (κ3) is 2.56. The SMILES string of the molecule is Cc1noc(C)c1C(=O)N1CCC2Nc3ccccc3C(=O)N2CC1. The first-order valence-corrected chi connectivity index (χ1v) is 8.45. The number of para-hydroxylation sites is 1. The van der Waals surface area contributed by atoms with Gasteiger partial charge in [-0.1, -0.05) is 17.3 Å². The molecule has 2 amide bonds. The number of anilines is 1. The fourth-order valence-electron chi connectivity index (χ4n) is 3.60. The Hall–Kier alpha value is -2.83. The second-order valence-corrected chi connectivity index (χ2v) is 6.48. The smallest absolute Gasteiger partial charge is 0.259 e. The molecule has 0 aliphatic carbocycles. The van der Waals surface area contributed by atoms with Crippen molar-refractivity contribution in [3.8, 4) is 0 Å². The van der Waals surface area contributed by atoms with Gasteiger partial charge in [0.05, 0.1) is 11.3 Å². The Bertz CT molecular complexity index is 825. The van der Waals surface area contributed by atoms with Crippen LogP contribution in [0, 0.1) is 13.8 Å². The lowest BCUT2D eigenvalue weighted by molar-refractivity contribution is 0.0676. The van der Waals surface area contributed by atoms with Crippen molar-refractivity contribution in [2.45, 2.75) is 26.4 Å². The van der Waals surface area contributed by atoms with E-state index in [1.54, 1.807) is 18.7 Å². The predicted molar refractivity (Wildman–Crippen MR) is 91.4 cm³/mol. The fraction of sp³-hybridized carbons (Fsp3) is 0.389. The molecule has 2 aromatic rings. The van der Waals surface area contributed by atoms with Crippen molar-refractivity contribution < 1.29 is 14.1 Å². The molecule has 2 aliphatic heterocycles. The number of carbonyl (C=O) groups is 2. The third-order valence-electron chi connectivity index (χ3n) is 4.93. The van der Waals surface area contributed by atoms with Crippen LogP contribution in [-0.2, 0) is 0 Å². The van der Waals surface area contributed by atoms with E-state index < -0.39 is 0 Å². The number of amides is 2. The Labute approximate surface area is 145 Å². The maximum Gasteiger partial charge on any atom is 0.259 e. The van der Waals surface area contributed by atoms with Crippen LogP contribution in [0.25, 0.3) is 0 Å². The van der Waals surface area contributed by atoms with E-state index in [1.807, 2.05) is 29.2 Å². The van der Waals surface area contributed by atoms with Crippen molar-refractivity contribution in [1.29, 1.82) is 0 Å². The van der Waals surface area contributed by atoms with Gasteiger partial charge in [0.1, 0.15) is 17.5 Å². The summed E-state index contributed by atoms with van der Waals surface area (Å²) >= 11 is 0. The van der Waals surface area contributed by atoms with Gasteiger partial charge in [0, 0.05) is 31.7 Å². The van der Waals surface area contributed by atoms with Crippen molar-refractivity contribution >= 4 is 17.5 Å². The van der Waals surface area contributed by atoms with Crippen molar-refractivity contribution in [3.63, 3.8) is 0 Å². The van der Waals surface area contributed by atoms with Crippen LogP contribution < -0.4 is 5.32 Å². The van der Waals surface area contributed by atoms with Gasteiger partial charge in [-0.05, 0) is 26.0 Å². The van der Waals surface area contributed by atoms with Gasteiger partial charge in [-0.2, -0.15) is 0 Å².